The van der Waals surface area contributed by atoms with Crippen LogP contribution >= 0.6 is 0 Å². The Kier molecular flexibility index (Phi) is 3.53. The summed E-state index contributed by atoms with van der Waals surface area (Å²) in [5.74, 6) is -1.24. The standard InChI is InChI=1S/C19H19NO4/c21-17(19(8-9-19)18(22)23)20-10-15(11-20)24-12-14-6-3-5-13-4-1-2-7-16(13)14/h1-7,15H,8-12H2,(H,22,23). The number of nitrogens with zero attached hydrogens (tertiary/aromatic N) is 1. The SMILES string of the molecule is O=C(O)C1(C(=O)N2CC(OCc3cccc4ccccc34)C2)CC1. The minimum atomic E-state index is -1.14. The van der Waals surface area contributed by atoms with Gasteiger partial charge in [-0.15, -0.1) is 0 Å². The summed E-state index contributed by atoms with van der Waals surface area (Å²) < 4.78 is 5.90. The van der Waals surface area contributed by atoms with E-state index in [4.69, 9.17) is 4.74 Å². The highest BCUT2D eigenvalue weighted by Crippen LogP contribution is 2.48. The molecule has 1 N–H and O–H groups in total. The normalized spacial score (nSPS) is 19.1. The highest BCUT2D eigenvalue weighted by Gasteiger charge is 2.59. The molecule has 4 rings (SSSR count). The molecule has 0 spiro atoms. The van der Waals surface area contributed by atoms with E-state index in [9.17, 15) is 14.7 Å². The van der Waals surface area contributed by atoms with Crippen LogP contribution in [0.3, 0.4) is 0 Å². The third kappa shape index (κ3) is 2.45. The van der Waals surface area contributed by atoms with Crippen molar-refractivity contribution in [2.24, 2.45) is 5.41 Å². The van der Waals surface area contributed by atoms with Crippen LogP contribution in [0.4, 0.5) is 0 Å². The molecule has 5 nitrogen and oxygen atoms in total. The van der Waals surface area contributed by atoms with Crippen LogP contribution in [0.15, 0.2) is 42.5 Å². The molecule has 0 bridgehead atoms. The second-order valence-electron chi connectivity index (χ2n) is 6.67. The summed E-state index contributed by atoms with van der Waals surface area (Å²) in [6.45, 7) is 1.47. The number of carboxylic acid groups (broad SMARTS) is 1. The fraction of sp³-hybridized carbons (Fsp3) is 0.368. The molecule has 2 aromatic carbocycles. The maximum Gasteiger partial charge on any atom is 0.319 e. The first kappa shape index (κ1) is 15.1. The first-order valence-corrected chi connectivity index (χ1v) is 8.21. The Morgan fingerprint density at radius 2 is 1.83 bits per heavy atom. The van der Waals surface area contributed by atoms with Gasteiger partial charge in [0.1, 0.15) is 5.41 Å². The molecule has 124 valence electrons. The lowest BCUT2D eigenvalue weighted by Crippen LogP contribution is -2.57. The van der Waals surface area contributed by atoms with Crippen LogP contribution in [-0.4, -0.2) is 41.1 Å². The van der Waals surface area contributed by atoms with Crippen molar-refractivity contribution in [2.45, 2.75) is 25.6 Å². The molecule has 2 fully saturated rings. The second kappa shape index (κ2) is 5.60. The molecule has 1 saturated carbocycles. The Labute approximate surface area is 139 Å². The third-order valence-electron chi connectivity index (χ3n) is 5.06. The van der Waals surface area contributed by atoms with Gasteiger partial charge in [0, 0.05) is 13.1 Å². The number of benzene rings is 2. The number of ether oxygens (including phenoxy) is 1. The van der Waals surface area contributed by atoms with Gasteiger partial charge in [0.15, 0.2) is 0 Å². The first-order chi connectivity index (χ1) is 11.6. The summed E-state index contributed by atoms with van der Waals surface area (Å²) in [7, 11) is 0. The van der Waals surface area contributed by atoms with Crippen LogP contribution < -0.4 is 0 Å². The summed E-state index contributed by atoms with van der Waals surface area (Å²) in [5, 5.41) is 11.5. The molecule has 1 aliphatic carbocycles. The predicted octanol–water partition coefficient (Wildman–Crippen LogP) is 2.43. The number of amides is 1. The zero-order valence-electron chi connectivity index (χ0n) is 13.3. The molecule has 0 atom stereocenters. The number of likely N-dealkylation sites (tertiary alicyclic amines) is 1. The van der Waals surface area contributed by atoms with Gasteiger partial charge in [-0.2, -0.15) is 0 Å². The van der Waals surface area contributed by atoms with E-state index in [1.807, 2.05) is 24.3 Å². The van der Waals surface area contributed by atoms with Crippen LogP contribution in [0.25, 0.3) is 10.8 Å². The van der Waals surface area contributed by atoms with Crippen LogP contribution in [0, 0.1) is 5.41 Å². The lowest BCUT2D eigenvalue weighted by molar-refractivity contribution is -0.161. The number of hydrogen-bond donors (Lipinski definition) is 1. The molecule has 5 heteroatoms. The molecular weight excluding hydrogens is 306 g/mol. The number of fused-ring (bicyclic) bond motifs is 1. The van der Waals surface area contributed by atoms with E-state index in [2.05, 4.69) is 18.2 Å². The van der Waals surface area contributed by atoms with Gasteiger partial charge in [0.25, 0.3) is 0 Å². The van der Waals surface area contributed by atoms with E-state index >= 15 is 0 Å². The molecule has 2 aliphatic rings. The number of aliphatic carboxylic acids is 1. The molecular formula is C19H19NO4. The quantitative estimate of drug-likeness (QED) is 0.858. The van der Waals surface area contributed by atoms with Crippen molar-refractivity contribution in [2.75, 3.05) is 13.1 Å². The number of carboxylic acids is 1. The van der Waals surface area contributed by atoms with Gasteiger partial charge >= 0.3 is 5.97 Å². The molecule has 1 amide bonds. The number of carbonyl (C=O) groups excluding carboxylic acids is 1. The summed E-state index contributed by atoms with van der Waals surface area (Å²) in [6, 6.07) is 14.3. The Bertz CT molecular complexity index is 801. The van der Waals surface area contributed by atoms with E-state index in [-0.39, 0.29) is 12.0 Å². The molecule has 24 heavy (non-hydrogen) atoms. The van der Waals surface area contributed by atoms with Crippen LogP contribution in [0.1, 0.15) is 18.4 Å². The number of rotatable bonds is 5. The highest BCUT2D eigenvalue weighted by atomic mass is 16.5. The van der Waals surface area contributed by atoms with Gasteiger partial charge in [0.2, 0.25) is 5.91 Å². The fourth-order valence-corrected chi connectivity index (χ4v) is 3.28. The summed E-state index contributed by atoms with van der Waals surface area (Å²) in [6.07, 6.45) is 0.899. The Balaban J connectivity index is 1.34. The molecule has 2 aromatic rings. The third-order valence-corrected chi connectivity index (χ3v) is 5.06. The Hall–Kier alpha value is -2.40. The summed E-state index contributed by atoms with van der Waals surface area (Å²) in [5.41, 5.74) is -0.0114. The van der Waals surface area contributed by atoms with Crippen LogP contribution in [0.5, 0.6) is 0 Å². The maximum absolute atomic E-state index is 12.2. The van der Waals surface area contributed by atoms with Crippen molar-refractivity contribution >= 4 is 22.6 Å². The topological polar surface area (TPSA) is 66.8 Å². The van der Waals surface area contributed by atoms with Gasteiger partial charge in [-0.1, -0.05) is 42.5 Å². The maximum atomic E-state index is 12.2. The van der Waals surface area contributed by atoms with E-state index < -0.39 is 11.4 Å². The average Bonchev–Trinajstić information content (AvgIpc) is 3.35. The minimum absolute atomic E-state index is 0.0162. The van der Waals surface area contributed by atoms with Crippen molar-refractivity contribution in [1.82, 2.24) is 4.90 Å². The van der Waals surface area contributed by atoms with Gasteiger partial charge in [-0.3, -0.25) is 9.59 Å². The summed E-state index contributed by atoms with van der Waals surface area (Å²) >= 11 is 0. The summed E-state index contributed by atoms with van der Waals surface area (Å²) in [4.78, 5) is 25.0. The molecule has 0 radical (unpaired) electrons. The molecule has 1 heterocycles. The van der Waals surface area contributed by atoms with Gasteiger partial charge in [-0.05, 0) is 29.2 Å². The van der Waals surface area contributed by atoms with Gasteiger partial charge in [0.05, 0.1) is 12.7 Å². The minimum Gasteiger partial charge on any atom is -0.480 e. The molecule has 1 aliphatic heterocycles. The van der Waals surface area contributed by atoms with E-state index in [1.54, 1.807) is 4.90 Å². The lowest BCUT2D eigenvalue weighted by atomic mass is 10.0. The van der Waals surface area contributed by atoms with E-state index in [0.717, 1.165) is 5.56 Å². The van der Waals surface area contributed by atoms with Crippen molar-refractivity contribution < 1.29 is 19.4 Å². The van der Waals surface area contributed by atoms with Crippen molar-refractivity contribution in [3.8, 4) is 0 Å². The van der Waals surface area contributed by atoms with E-state index in [0.29, 0.717) is 32.5 Å². The molecule has 1 saturated heterocycles. The van der Waals surface area contributed by atoms with Crippen molar-refractivity contribution in [1.29, 1.82) is 0 Å². The second-order valence-corrected chi connectivity index (χ2v) is 6.67. The first-order valence-electron chi connectivity index (χ1n) is 8.21. The Morgan fingerprint density at radius 1 is 1.12 bits per heavy atom. The monoisotopic (exact) mass is 325 g/mol. The number of hydrogen-bond acceptors (Lipinski definition) is 3. The van der Waals surface area contributed by atoms with Crippen LogP contribution in [-0.2, 0) is 20.9 Å². The largest absolute Gasteiger partial charge is 0.480 e. The van der Waals surface area contributed by atoms with Gasteiger partial charge < -0.3 is 14.7 Å². The van der Waals surface area contributed by atoms with Crippen LogP contribution in [0.2, 0.25) is 0 Å². The fourth-order valence-electron chi connectivity index (χ4n) is 3.28. The van der Waals surface area contributed by atoms with Gasteiger partial charge in [-0.25, -0.2) is 0 Å². The Morgan fingerprint density at radius 3 is 2.54 bits per heavy atom. The zero-order valence-corrected chi connectivity index (χ0v) is 13.3. The zero-order chi connectivity index (χ0) is 16.7. The van der Waals surface area contributed by atoms with Crippen molar-refractivity contribution in [3.05, 3.63) is 48.0 Å². The smallest absolute Gasteiger partial charge is 0.319 e. The highest BCUT2D eigenvalue weighted by molar-refractivity contribution is 6.05. The molecule has 0 aromatic heterocycles. The predicted molar refractivity (Wildman–Crippen MR) is 88.4 cm³/mol. The molecule has 0 unspecified atom stereocenters. The average molecular weight is 325 g/mol. The van der Waals surface area contributed by atoms with Crippen molar-refractivity contribution in [3.63, 3.8) is 0 Å². The van der Waals surface area contributed by atoms with E-state index in [1.165, 1.54) is 10.8 Å². The number of carbonyl (C=O) groups is 2. The lowest BCUT2D eigenvalue weighted by Gasteiger charge is -2.40.